The van der Waals surface area contributed by atoms with Crippen LogP contribution in [0.25, 0.3) is 0 Å². The summed E-state index contributed by atoms with van der Waals surface area (Å²) >= 11 is 13.7. The van der Waals surface area contributed by atoms with E-state index in [9.17, 15) is 0 Å². The maximum Gasteiger partial charge on any atom is 0.0479 e. The molecule has 0 fully saturated rings. The lowest BCUT2D eigenvalue weighted by molar-refractivity contribution is 0.681. The van der Waals surface area contributed by atoms with Crippen molar-refractivity contribution in [3.8, 4) is 0 Å². The monoisotopic (exact) mass is 233 g/mol. The van der Waals surface area contributed by atoms with Gasteiger partial charge in [-0.15, -0.1) is 11.8 Å². The SMILES string of the molecule is N[C@H]1CCSc2cc(Cl)cc(Cl)c21. The van der Waals surface area contributed by atoms with Gasteiger partial charge in [-0.3, -0.25) is 0 Å². The van der Waals surface area contributed by atoms with Crippen molar-refractivity contribution in [2.45, 2.75) is 17.4 Å². The minimum Gasteiger partial charge on any atom is -0.324 e. The molecular formula is C9H9Cl2NS. The Bertz CT molecular complexity index is 341. The molecule has 0 amide bonds. The summed E-state index contributed by atoms with van der Waals surface area (Å²) in [5.41, 5.74) is 7.01. The van der Waals surface area contributed by atoms with Gasteiger partial charge in [-0.05, 0) is 24.3 Å². The number of hydrogen-bond acceptors (Lipinski definition) is 2. The van der Waals surface area contributed by atoms with Gasteiger partial charge in [-0.2, -0.15) is 0 Å². The Morgan fingerprint density at radius 2 is 2.15 bits per heavy atom. The van der Waals surface area contributed by atoms with Gasteiger partial charge in [0.25, 0.3) is 0 Å². The fraction of sp³-hybridized carbons (Fsp3) is 0.333. The van der Waals surface area contributed by atoms with E-state index in [4.69, 9.17) is 28.9 Å². The molecule has 0 aromatic heterocycles. The standard InChI is InChI=1S/C9H9Cl2NS/c10-5-3-6(11)9-7(12)1-2-13-8(9)4-5/h3-4,7H,1-2,12H2/t7-/m0/s1. The zero-order valence-electron chi connectivity index (χ0n) is 6.89. The highest BCUT2D eigenvalue weighted by molar-refractivity contribution is 7.99. The van der Waals surface area contributed by atoms with E-state index in [0.717, 1.165) is 22.6 Å². The Morgan fingerprint density at radius 1 is 1.38 bits per heavy atom. The fourth-order valence-corrected chi connectivity index (χ4v) is 3.45. The van der Waals surface area contributed by atoms with Crippen molar-refractivity contribution < 1.29 is 0 Å². The van der Waals surface area contributed by atoms with Crippen LogP contribution in [0.2, 0.25) is 10.0 Å². The number of fused-ring (bicyclic) bond motifs is 1. The van der Waals surface area contributed by atoms with Crippen LogP contribution in [0.1, 0.15) is 18.0 Å². The Labute approximate surface area is 91.6 Å². The average Bonchev–Trinajstić information content (AvgIpc) is 2.02. The molecule has 1 aromatic carbocycles. The van der Waals surface area contributed by atoms with Gasteiger partial charge in [0, 0.05) is 26.5 Å². The molecular weight excluding hydrogens is 225 g/mol. The minimum absolute atomic E-state index is 0.0704. The van der Waals surface area contributed by atoms with Crippen molar-refractivity contribution in [3.63, 3.8) is 0 Å². The molecule has 0 unspecified atom stereocenters. The molecule has 1 aromatic rings. The lowest BCUT2D eigenvalue weighted by atomic mass is 10.1. The van der Waals surface area contributed by atoms with Crippen LogP contribution in [0.15, 0.2) is 17.0 Å². The van der Waals surface area contributed by atoms with Gasteiger partial charge in [0.05, 0.1) is 0 Å². The molecule has 0 radical (unpaired) electrons. The normalized spacial score (nSPS) is 21.3. The van der Waals surface area contributed by atoms with Crippen LogP contribution in [0.5, 0.6) is 0 Å². The molecule has 0 saturated carbocycles. The van der Waals surface area contributed by atoms with E-state index in [1.807, 2.05) is 6.07 Å². The van der Waals surface area contributed by atoms with Crippen LogP contribution >= 0.6 is 35.0 Å². The summed E-state index contributed by atoms with van der Waals surface area (Å²) in [4.78, 5) is 1.14. The molecule has 1 aliphatic heterocycles. The predicted molar refractivity (Wildman–Crippen MR) is 58.7 cm³/mol. The molecule has 1 atom stereocenters. The number of rotatable bonds is 0. The Hall–Kier alpha value is 0.110. The van der Waals surface area contributed by atoms with E-state index in [1.54, 1.807) is 17.8 Å². The topological polar surface area (TPSA) is 26.0 Å². The van der Waals surface area contributed by atoms with Crippen LogP contribution < -0.4 is 5.73 Å². The molecule has 2 N–H and O–H groups in total. The van der Waals surface area contributed by atoms with E-state index >= 15 is 0 Å². The summed E-state index contributed by atoms with van der Waals surface area (Å²) < 4.78 is 0. The van der Waals surface area contributed by atoms with E-state index < -0.39 is 0 Å². The van der Waals surface area contributed by atoms with Crippen molar-refractivity contribution >= 4 is 35.0 Å². The molecule has 4 heteroatoms. The summed E-state index contributed by atoms with van der Waals surface area (Å²) in [5.74, 6) is 1.05. The third-order valence-corrected chi connectivity index (χ3v) is 3.73. The van der Waals surface area contributed by atoms with Gasteiger partial charge < -0.3 is 5.73 Å². The van der Waals surface area contributed by atoms with Crippen molar-refractivity contribution in [1.29, 1.82) is 0 Å². The summed E-state index contributed by atoms with van der Waals surface area (Å²) in [6, 6.07) is 3.76. The van der Waals surface area contributed by atoms with Crippen molar-refractivity contribution in [2.75, 3.05) is 5.75 Å². The first kappa shape index (κ1) is 9.66. The second-order valence-corrected chi connectivity index (χ2v) is 5.02. The summed E-state index contributed by atoms with van der Waals surface area (Å²) in [6.07, 6.45) is 0.985. The van der Waals surface area contributed by atoms with Gasteiger partial charge in [0.1, 0.15) is 0 Å². The number of nitrogens with two attached hydrogens (primary N) is 1. The van der Waals surface area contributed by atoms with Crippen LogP contribution in [-0.2, 0) is 0 Å². The third-order valence-electron chi connectivity index (χ3n) is 2.11. The highest BCUT2D eigenvalue weighted by Gasteiger charge is 2.20. The first-order chi connectivity index (χ1) is 6.18. The first-order valence-electron chi connectivity index (χ1n) is 4.06. The highest BCUT2D eigenvalue weighted by atomic mass is 35.5. The smallest absolute Gasteiger partial charge is 0.0479 e. The molecule has 2 rings (SSSR count). The zero-order chi connectivity index (χ0) is 9.42. The molecule has 0 spiro atoms. The fourth-order valence-electron chi connectivity index (χ4n) is 1.48. The van der Waals surface area contributed by atoms with Gasteiger partial charge >= 0.3 is 0 Å². The Morgan fingerprint density at radius 3 is 2.92 bits per heavy atom. The summed E-state index contributed by atoms with van der Waals surface area (Å²) in [7, 11) is 0. The quantitative estimate of drug-likeness (QED) is 0.743. The Kier molecular flexibility index (Phi) is 2.75. The van der Waals surface area contributed by atoms with Crippen LogP contribution in [0, 0.1) is 0 Å². The van der Waals surface area contributed by atoms with Crippen molar-refractivity contribution in [3.05, 3.63) is 27.7 Å². The summed E-state index contributed by atoms with van der Waals surface area (Å²) in [6.45, 7) is 0. The van der Waals surface area contributed by atoms with E-state index in [1.165, 1.54) is 0 Å². The maximum absolute atomic E-state index is 6.06. The van der Waals surface area contributed by atoms with Crippen LogP contribution in [0.3, 0.4) is 0 Å². The second kappa shape index (κ2) is 3.70. The highest BCUT2D eigenvalue weighted by Crippen LogP contribution is 2.40. The van der Waals surface area contributed by atoms with E-state index in [-0.39, 0.29) is 6.04 Å². The molecule has 0 saturated heterocycles. The lowest BCUT2D eigenvalue weighted by Crippen LogP contribution is -2.16. The van der Waals surface area contributed by atoms with Crippen LogP contribution in [-0.4, -0.2) is 5.75 Å². The number of thioether (sulfide) groups is 1. The third kappa shape index (κ3) is 1.82. The second-order valence-electron chi connectivity index (χ2n) is 3.04. The number of benzene rings is 1. The Balaban J connectivity index is 2.56. The minimum atomic E-state index is 0.0704. The van der Waals surface area contributed by atoms with Crippen LogP contribution in [0.4, 0.5) is 0 Å². The largest absolute Gasteiger partial charge is 0.324 e. The first-order valence-corrected chi connectivity index (χ1v) is 5.80. The van der Waals surface area contributed by atoms with Gasteiger partial charge in [-0.25, -0.2) is 0 Å². The van der Waals surface area contributed by atoms with Gasteiger partial charge in [0.15, 0.2) is 0 Å². The lowest BCUT2D eigenvalue weighted by Gasteiger charge is -2.22. The van der Waals surface area contributed by atoms with Gasteiger partial charge in [-0.1, -0.05) is 23.2 Å². The molecule has 1 aliphatic rings. The zero-order valence-corrected chi connectivity index (χ0v) is 9.22. The molecule has 0 aliphatic carbocycles. The number of hydrogen-bond donors (Lipinski definition) is 1. The van der Waals surface area contributed by atoms with Crippen molar-refractivity contribution in [1.82, 2.24) is 0 Å². The molecule has 1 nitrogen and oxygen atoms in total. The number of halogens is 2. The summed E-state index contributed by atoms with van der Waals surface area (Å²) in [5, 5.41) is 1.38. The van der Waals surface area contributed by atoms with Gasteiger partial charge in [0.2, 0.25) is 0 Å². The molecule has 13 heavy (non-hydrogen) atoms. The molecule has 0 bridgehead atoms. The molecule has 70 valence electrons. The molecule has 1 heterocycles. The average molecular weight is 234 g/mol. The van der Waals surface area contributed by atoms with E-state index in [0.29, 0.717) is 10.0 Å². The van der Waals surface area contributed by atoms with E-state index in [2.05, 4.69) is 0 Å². The van der Waals surface area contributed by atoms with Crippen molar-refractivity contribution in [2.24, 2.45) is 5.73 Å². The maximum atomic E-state index is 6.06. The predicted octanol–water partition coefficient (Wildman–Crippen LogP) is 3.49.